The second kappa shape index (κ2) is 6.71. The Balaban J connectivity index is 2.46. The molecule has 0 bridgehead atoms. The molecule has 1 aromatic rings. The highest BCUT2D eigenvalue weighted by atomic mass is 32.1. The summed E-state index contributed by atoms with van der Waals surface area (Å²) in [5, 5.41) is 3.97. The highest BCUT2D eigenvalue weighted by molar-refractivity contribution is 7.11. The van der Waals surface area contributed by atoms with E-state index < -0.39 is 0 Å². The van der Waals surface area contributed by atoms with E-state index in [9.17, 15) is 4.79 Å². The van der Waals surface area contributed by atoms with Gasteiger partial charge in [0.05, 0.1) is 23.4 Å². The van der Waals surface area contributed by atoms with Crippen molar-refractivity contribution in [2.75, 3.05) is 13.2 Å². The predicted molar refractivity (Wildman–Crippen MR) is 69.3 cm³/mol. The van der Waals surface area contributed by atoms with E-state index in [2.05, 4.69) is 10.3 Å². The van der Waals surface area contributed by atoms with Gasteiger partial charge in [0.15, 0.2) is 0 Å². The maximum Gasteiger partial charge on any atom is 0.222 e. The van der Waals surface area contributed by atoms with Crippen LogP contribution in [0.4, 0.5) is 0 Å². The van der Waals surface area contributed by atoms with Gasteiger partial charge in [-0.3, -0.25) is 4.79 Å². The fraction of sp³-hybridized carbons (Fsp3) is 0.667. The van der Waals surface area contributed by atoms with Gasteiger partial charge in [0.25, 0.3) is 0 Å². The lowest BCUT2D eigenvalue weighted by molar-refractivity contribution is -0.122. The second-order valence-corrected chi connectivity index (χ2v) is 5.32. The third kappa shape index (κ3) is 4.44. The van der Waals surface area contributed by atoms with Gasteiger partial charge < -0.3 is 10.1 Å². The van der Waals surface area contributed by atoms with Gasteiger partial charge >= 0.3 is 0 Å². The molecule has 1 amide bonds. The smallest absolute Gasteiger partial charge is 0.222 e. The lowest BCUT2D eigenvalue weighted by Gasteiger charge is -2.12. The van der Waals surface area contributed by atoms with E-state index >= 15 is 0 Å². The number of amides is 1. The van der Waals surface area contributed by atoms with Gasteiger partial charge in [-0.15, -0.1) is 11.3 Å². The van der Waals surface area contributed by atoms with Gasteiger partial charge in [-0.2, -0.15) is 0 Å². The third-order valence-electron chi connectivity index (χ3n) is 2.40. The number of carbonyl (C=O) groups is 1. The zero-order chi connectivity index (χ0) is 12.8. The number of hydrogen-bond donors (Lipinski definition) is 1. The van der Waals surface area contributed by atoms with Crippen LogP contribution < -0.4 is 5.32 Å². The average Bonchev–Trinajstić information content (AvgIpc) is 2.58. The Morgan fingerprint density at radius 2 is 2.24 bits per heavy atom. The zero-order valence-corrected chi connectivity index (χ0v) is 11.7. The summed E-state index contributed by atoms with van der Waals surface area (Å²) in [6.07, 6.45) is 0.403. The molecule has 1 N–H and O–H groups in total. The monoisotopic (exact) mass is 256 g/mol. The van der Waals surface area contributed by atoms with Crippen LogP contribution in [0, 0.1) is 13.8 Å². The fourth-order valence-electron chi connectivity index (χ4n) is 1.64. The average molecular weight is 256 g/mol. The molecule has 0 radical (unpaired) electrons. The normalized spacial score (nSPS) is 12.5. The Hall–Kier alpha value is -0.940. The maximum absolute atomic E-state index is 11.6. The molecule has 1 heterocycles. The lowest BCUT2D eigenvalue weighted by Crippen LogP contribution is -2.28. The van der Waals surface area contributed by atoms with Crippen LogP contribution in [0.5, 0.6) is 0 Å². The van der Waals surface area contributed by atoms with E-state index in [4.69, 9.17) is 4.74 Å². The topological polar surface area (TPSA) is 51.2 Å². The first-order valence-corrected chi connectivity index (χ1v) is 6.67. The quantitative estimate of drug-likeness (QED) is 0.795. The summed E-state index contributed by atoms with van der Waals surface area (Å²) in [5.41, 5.74) is 0.970. The molecule has 0 fully saturated rings. The molecule has 1 unspecified atom stereocenters. The molecular formula is C12H20N2O2S. The van der Waals surface area contributed by atoms with Gasteiger partial charge in [-0.25, -0.2) is 4.98 Å². The molecule has 4 nitrogen and oxygen atoms in total. The fourth-order valence-corrected chi connectivity index (χ4v) is 2.55. The van der Waals surface area contributed by atoms with Gasteiger partial charge in [-0.05, 0) is 27.7 Å². The molecule has 1 rings (SSSR count). The van der Waals surface area contributed by atoms with Crippen LogP contribution >= 0.6 is 11.3 Å². The Labute approximate surface area is 106 Å². The van der Waals surface area contributed by atoms with Crippen molar-refractivity contribution < 1.29 is 9.53 Å². The molecule has 0 saturated carbocycles. The number of aryl methyl sites for hydroxylation is 2. The van der Waals surface area contributed by atoms with E-state index in [-0.39, 0.29) is 11.9 Å². The Kier molecular flexibility index (Phi) is 5.58. The molecule has 0 aliphatic rings. The largest absolute Gasteiger partial charge is 0.381 e. The number of carbonyl (C=O) groups excluding carboxylic acids is 1. The van der Waals surface area contributed by atoms with Gasteiger partial charge in [0, 0.05) is 17.9 Å². The van der Waals surface area contributed by atoms with Crippen LogP contribution in [-0.2, 0) is 9.53 Å². The highest BCUT2D eigenvalue weighted by Gasteiger charge is 2.15. The van der Waals surface area contributed by atoms with E-state index in [1.54, 1.807) is 11.3 Å². The van der Waals surface area contributed by atoms with Crippen LogP contribution in [0.3, 0.4) is 0 Å². The molecule has 0 aromatic carbocycles. The Morgan fingerprint density at radius 1 is 1.53 bits per heavy atom. The third-order valence-corrected chi connectivity index (χ3v) is 3.31. The molecule has 17 heavy (non-hydrogen) atoms. The summed E-state index contributed by atoms with van der Waals surface area (Å²) in [7, 11) is 0. The lowest BCUT2D eigenvalue weighted by atomic mass is 10.2. The predicted octanol–water partition coefficient (Wildman–Crippen LogP) is 2.36. The molecule has 0 aliphatic carbocycles. The molecular weight excluding hydrogens is 236 g/mol. The van der Waals surface area contributed by atoms with Crippen molar-refractivity contribution in [3.63, 3.8) is 0 Å². The SMILES string of the molecule is CCOCCC(=O)NC(C)c1nc(C)sc1C. The van der Waals surface area contributed by atoms with Gasteiger partial charge in [0.1, 0.15) is 0 Å². The minimum atomic E-state index is -0.0333. The van der Waals surface area contributed by atoms with Crippen molar-refractivity contribution >= 4 is 17.2 Å². The van der Waals surface area contributed by atoms with Crippen LogP contribution in [0.15, 0.2) is 0 Å². The Morgan fingerprint density at radius 3 is 2.76 bits per heavy atom. The first-order valence-electron chi connectivity index (χ1n) is 5.85. The number of ether oxygens (including phenoxy) is 1. The highest BCUT2D eigenvalue weighted by Crippen LogP contribution is 2.22. The number of nitrogens with one attached hydrogen (secondary N) is 1. The van der Waals surface area contributed by atoms with Crippen molar-refractivity contribution in [3.8, 4) is 0 Å². The summed E-state index contributed by atoms with van der Waals surface area (Å²) in [4.78, 5) is 17.2. The molecule has 96 valence electrons. The molecule has 0 aliphatic heterocycles. The summed E-state index contributed by atoms with van der Waals surface area (Å²) in [6, 6.07) is -0.0333. The number of nitrogens with zero attached hydrogens (tertiary/aromatic N) is 1. The van der Waals surface area contributed by atoms with Gasteiger partial charge in [-0.1, -0.05) is 0 Å². The van der Waals surface area contributed by atoms with Crippen molar-refractivity contribution in [1.29, 1.82) is 0 Å². The Bertz CT molecular complexity index is 377. The second-order valence-electron chi connectivity index (χ2n) is 3.91. The van der Waals surface area contributed by atoms with Crippen LogP contribution in [0.25, 0.3) is 0 Å². The first-order chi connectivity index (χ1) is 8.04. The van der Waals surface area contributed by atoms with Crippen LogP contribution in [-0.4, -0.2) is 24.1 Å². The number of rotatable bonds is 6. The van der Waals surface area contributed by atoms with Crippen molar-refractivity contribution in [2.45, 2.75) is 40.2 Å². The summed E-state index contributed by atoms with van der Waals surface area (Å²) >= 11 is 1.66. The number of thiazole rings is 1. The van der Waals surface area contributed by atoms with Crippen molar-refractivity contribution in [1.82, 2.24) is 10.3 Å². The molecule has 0 saturated heterocycles. The van der Waals surface area contributed by atoms with E-state index in [0.29, 0.717) is 19.6 Å². The summed E-state index contributed by atoms with van der Waals surface area (Å²) in [5.74, 6) is 0.0102. The summed E-state index contributed by atoms with van der Waals surface area (Å²) < 4.78 is 5.14. The van der Waals surface area contributed by atoms with Crippen LogP contribution in [0.2, 0.25) is 0 Å². The van der Waals surface area contributed by atoms with E-state index in [1.807, 2.05) is 27.7 Å². The van der Waals surface area contributed by atoms with Crippen LogP contribution in [0.1, 0.15) is 41.9 Å². The van der Waals surface area contributed by atoms with E-state index in [0.717, 1.165) is 10.7 Å². The number of hydrogen-bond acceptors (Lipinski definition) is 4. The van der Waals surface area contributed by atoms with Crippen molar-refractivity contribution in [3.05, 3.63) is 15.6 Å². The standard InChI is InChI=1S/C12H20N2O2S/c1-5-16-7-6-11(15)13-8(2)12-9(3)17-10(4)14-12/h8H,5-7H2,1-4H3,(H,13,15). The molecule has 0 spiro atoms. The molecule has 1 atom stereocenters. The minimum Gasteiger partial charge on any atom is -0.381 e. The summed E-state index contributed by atoms with van der Waals surface area (Å²) in [6.45, 7) is 9.01. The minimum absolute atomic E-state index is 0.0102. The zero-order valence-electron chi connectivity index (χ0n) is 10.9. The van der Waals surface area contributed by atoms with E-state index in [1.165, 1.54) is 4.88 Å². The van der Waals surface area contributed by atoms with Crippen molar-refractivity contribution in [2.24, 2.45) is 0 Å². The molecule has 1 aromatic heterocycles. The first kappa shape index (κ1) is 14.1. The van der Waals surface area contributed by atoms with Gasteiger partial charge in [0.2, 0.25) is 5.91 Å². The number of aromatic nitrogens is 1. The molecule has 5 heteroatoms. The maximum atomic E-state index is 11.6.